The maximum Gasteiger partial charge on any atom is 0.340 e. The van der Waals surface area contributed by atoms with Gasteiger partial charge in [-0.25, -0.2) is 4.79 Å². The lowest BCUT2D eigenvalue weighted by atomic mass is 9.77. The van der Waals surface area contributed by atoms with Crippen molar-refractivity contribution in [1.82, 2.24) is 4.98 Å². The molecule has 2 aliphatic heterocycles. The van der Waals surface area contributed by atoms with Crippen molar-refractivity contribution in [3.63, 3.8) is 0 Å². The fourth-order valence-electron chi connectivity index (χ4n) is 4.53. The second-order valence-electron chi connectivity index (χ2n) is 8.11. The minimum atomic E-state index is -0.925. The lowest BCUT2D eigenvalue weighted by molar-refractivity contribution is -0.121. The quantitative estimate of drug-likeness (QED) is 0.556. The molecule has 0 radical (unpaired) electrons. The Hall–Kier alpha value is -3.87. The number of pyridine rings is 1. The van der Waals surface area contributed by atoms with Gasteiger partial charge in [0.15, 0.2) is 11.5 Å². The zero-order valence-electron chi connectivity index (χ0n) is 18.5. The van der Waals surface area contributed by atoms with E-state index in [4.69, 9.17) is 14.2 Å². The summed E-state index contributed by atoms with van der Waals surface area (Å²) in [6.07, 6.45) is 1.62. The molecular formula is C26H24N2O5. The van der Waals surface area contributed by atoms with E-state index in [9.17, 15) is 9.59 Å². The van der Waals surface area contributed by atoms with Gasteiger partial charge in [-0.2, -0.15) is 0 Å². The summed E-state index contributed by atoms with van der Waals surface area (Å²) in [5.74, 6) is 0.769. The summed E-state index contributed by atoms with van der Waals surface area (Å²) in [7, 11) is 0. The zero-order valence-corrected chi connectivity index (χ0v) is 18.5. The Labute approximate surface area is 191 Å². The summed E-state index contributed by atoms with van der Waals surface area (Å²) >= 11 is 0. The summed E-state index contributed by atoms with van der Waals surface area (Å²) in [4.78, 5) is 32.5. The third-order valence-electron chi connectivity index (χ3n) is 6.22. The van der Waals surface area contributed by atoms with Crippen LogP contribution in [-0.4, -0.2) is 36.7 Å². The van der Waals surface area contributed by atoms with Gasteiger partial charge in [-0.1, -0.05) is 24.3 Å². The lowest BCUT2D eigenvalue weighted by Crippen LogP contribution is -2.39. The first-order valence-corrected chi connectivity index (χ1v) is 11.0. The number of aromatic nitrogens is 1. The van der Waals surface area contributed by atoms with E-state index >= 15 is 0 Å². The number of anilines is 1. The summed E-state index contributed by atoms with van der Waals surface area (Å²) in [6.45, 7) is 5.08. The van der Waals surface area contributed by atoms with Crippen LogP contribution in [0, 0.1) is 0 Å². The van der Waals surface area contributed by atoms with Crippen molar-refractivity contribution in [1.29, 1.82) is 0 Å². The normalized spacial score (nSPS) is 18.7. The molecule has 0 spiro atoms. The van der Waals surface area contributed by atoms with E-state index < -0.39 is 11.4 Å². The van der Waals surface area contributed by atoms with Gasteiger partial charge in [-0.3, -0.25) is 9.78 Å². The molecule has 33 heavy (non-hydrogen) atoms. The summed E-state index contributed by atoms with van der Waals surface area (Å²) in [6, 6.07) is 16.7. The zero-order chi connectivity index (χ0) is 23.0. The second-order valence-corrected chi connectivity index (χ2v) is 8.11. The summed E-state index contributed by atoms with van der Waals surface area (Å²) < 4.78 is 16.6. The molecule has 2 aliphatic rings. The number of hydrogen-bond donors (Lipinski definition) is 0. The Morgan fingerprint density at radius 1 is 1.09 bits per heavy atom. The molecule has 1 aromatic heterocycles. The molecule has 7 heteroatoms. The third-order valence-corrected chi connectivity index (χ3v) is 6.22. The van der Waals surface area contributed by atoms with Crippen LogP contribution < -0.4 is 14.4 Å². The van der Waals surface area contributed by atoms with E-state index in [1.807, 2.05) is 49.4 Å². The van der Waals surface area contributed by atoms with Gasteiger partial charge in [0.1, 0.15) is 13.2 Å². The molecule has 5 rings (SSSR count). The van der Waals surface area contributed by atoms with E-state index in [-0.39, 0.29) is 19.1 Å². The predicted molar refractivity (Wildman–Crippen MR) is 122 cm³/mol. The van der Waals surface area contributed by atoms with Crippen molar-refractivity contribution in [2.45, 2.75) is 25.8 Å². The number of amides is 1. The van der Waals surface area contributed by atoms with Crippen LogP contribution in [0.3, 0.4) is 0 Å². The molecule has 1 atom stereocenters. The molecule has 3 heterocycles. The highest BCUT2D eigenvalue weighted by atomic mass is 16.6. The van der Waals surface area contributed by atoms with Gasteiger partial charge in [0, 0.05) is 11.9 Å². The van der Waals surface area contributed by atoms with Crippen LogP contribution >= 0.6 is 0 Å². The highest BCUT2D eigenvalue weighted by Gasteiger charge is 2.49. The van der Waals surface area contributed by atoms with Crippen molar-refractivity contribution in [3.8, 4) is 11.5 Å². The van der Waals surface area contributed by atoms with Crippen LogP contribution in [0.5, 0.6) is 11.5 Å². The van der Waals surface area contributed by atoms with Crippen molar-refractivity contribution < 1.29 is 23.8 Å². The van der Waals surface area contributed by atoms with Gasteiger partial charge in [-0.15, -0.1) is 0 Å². The average molecular weight is 444 g/mol. The molecule has 0 saturated heterocycles. The maximum atomic E-state index is 14.0. The Morgan fingerprint density at radius 3 is 2.70 bits per heavy atom. The Bertz CT molecular complexity index is 1240. The lowest BCUT2D eigenvalue weighted by Gasteiger charge is -2.27. The van der Waals surface area contributed by atoms with Crippen LogP contribution in [0.1, 0.15) is 41.0 Å². The number of ether oxygens (including phenoxy) is 3. The van der Waals surface area contributed by atoms with Crippen molar-refractivity contribution in [3.05, 3.63) is 83.2 Å². The number of esters is 1. The maximum absolute atomic E-state index is 14.0. The van der Waals surface area contributed by atoms with Gasteiger partial charge >= 0.3 is 5.97 Å². The Kier molecular flexibility index (Phi) is 5.24. The van der Waals surface area contributed by atoms with Gasteiger partial charge < -0.3 is 19.1 Å². The van der Waals surface area contributed by atoms with Crippen LogP contribution in [0.15, 0.2) is 60.8 Å². The molecule has 1 unspecified atom stereocenters. The number of carbonyl (C=O) groups excluding carboxylic acids is 2. The molecule has 0 saturated carbocycles. The molecule has 7 nitrogen and oxygen atoms in total. The highest BCUT2D eigenvalue weighted by molar-refractivity contribution is 6.10. The number of benzene rings is 2. The van der Waals surface area contributed by atoms with Crippen molar-refractivity contribution in [2.24, 2.45) is 0 Å². The summed E-state index contributed by atoms with van der Waals surface area (Å²) in [5.41, 5.74) is 2.42. The number of carbonyl (C=O) groups is 2. The van der Waals surface area contributed by atoms with Crippen molar-refractivity contribution in [2.75, 3.05) is 24.7 Å². The molecule has 3 aromatic rings. The monoisotopic (exact) mass is 444 g/mol. The first kappa shape index (κ1) is 21.0. The molecule has 1 amide bonds. The highest BCUT2D eigenvalue weighted by Crippen LogP contribution is 2.48. The third kappa shape index (κ3) is 3.40. The average Bonchev–Trinajstić information content (AvgIpc) is 3.07. The fraction of sp³-hybridized carbons (Fsp3) is 0.269. The number of hydrogen-bond acceptors (Lipinski definition) is 6. The first-order valence-electron chi connectivity index (χ1n) is 11.0. The standard InChI is InChI=1S/C26H24N2O5/c1-3-31-24(29)18-7-6-12-27-20(18)16-28-21-9-5-4-8-19(21)26(2,25(28)30)17-10-11-22-23(15-17)33-14-13-32-22/h4-12,15H,3,13-14,16H2,1-2H3. The molecule has 0 N–H and O–H groups in total. The predicted octanol–water partition coefficient (Wildman–Crippen LogP) is 3.88. The topological polar surface area (TPSA) is 78.0 Å². The van der Waals surface area contributed by atoms with Crippen LogP contribution in [0.25, 0.3) is 0 Å². The van der Waals surface area contributed by atoms with E-state index in [0.717, 1.165) is 16.8 Å². The minimum Gasteiger partial charge on any atom is -0.486 e. The number of nitrogens with zero attached hydrogens (tertiary/aromatic N) is 2. The van der Waals surface area contributed by atoms with E-state index in [1.54, 1.807) is 30.2 Å². The first-order chi connectivity index (χ1) is 16.0. The SMILES string of the molecule is CCOC(=O)c1cccnc1CN1C(=O)C(C)(c2ccc3c(c2)OCCO3)c2ccccc21. The largest absolute Gasteiger partial charge is 0.486 e. The van der Waals surface area contributed by atoms with E-state index in [2.05, 4.69) is 4.98 Å². The molecule has 168 valence electrons. The molecule has 0 aliphatic carbocycles. The smallest absolute Gasteiger partial charge is 0.340 e. The van der Waals surface area contributed by atoms with Gasteiger partial charge in [-0.05, 0) is 55.3 Å². The molecule has 2 aromatic carbocycles. The van der Waals surface area contributed by atoms with Crippen LogP contribution in [0.2, 0.25) is 0 Å². The summed E-state index contributed by atoms with van der Waals surface area (Å²) in [5, 5.41) is 0. The van der Waals surface area contributed by atoms with Crippen LogP contribution in [0.4, 0.5) is 5.69 Å². The number of para-hydroxylation sites is 1. The number of rotatable bonds is 5. The van der Waals surface area contributed by atoms with E-state index in [0.29, 0.717) is 36.0 Å². The second kappa shape index (κ2) is 8.24. The van der Waals surface area contributed by atoms with Crippen molar-refractivity contribution >= 4 is 17.6 Å². The molecule has 0 bridgehead atoms. The number of fused-ring (bicyclic) bond motifs is 2. The Morgan fingerprint density at radius 2 is 1.88 bits per heavy atom. The minimum absolute atomic E-state index is 0.0964. The Balaban J connectivity index is 1.56. The van der Waals surface area contributed by atoms with Gasteiger partial charge in [0.2, 0.25) is 5.91 Å². The molecule has 0 fully saturated rings. The van der Waals surface area contributed by atoms with Crippen LogP contribution in [-0.2, 0) is 21.5 Å². The van der Waals surface area contributed by atoms with Gasteiger partial charge in [0.25, 0.3) is 0 Å². The molecular weight excluding hydrogens is 420 g/mol. The van der Waals surface area contributed by atoms with E-state index in [1.165, 1.54) is 0 Å². The fourth-order valence-corrected chi connectivity index (χ4v) is 4.53. The van der Waals surface area contributed by atoms with Gasteiger partial charge in [0.05, 0.1) is 29.8 Å².